The molecule has 0 radical (unpaired) electrons. The van der Waals surface area contributed by atoms with Gasteiger partial charge in [0, 0.05) is 15.6 Å². The molecule has 1 aliphatic rings. The highest BCUT2D eigenvalue weighted by Gasteiger charge is 2.41. The van der Waals surface area contributed by atoms with Crippen molar-refractivity contribution in [3.05, 3.63) is 74.6 Å². The van der Waals surface area contributed by atoms with Crippen LogP contribution in [0.2, 0.25) is 10.0 Å². The van der Waals surface area contributed by atoms with Crippen LogP contribution in [0.25, 0.3) is 6.08 Å². The van der Waals surface area contributed by atoms with Crippen molar-refractivity contribution in [3.8, 4) is 0 Å². The summed E-state index contributed by atoms with van der Waals surface area (Å²) in [4.78, 5) is 26.1. The summed E-state index contributed by atoms with van der Waals surface area (Å²) >= 11 is 18.6. The Morgan fingerprint density at radius 2 is 1.73 bits per heavy atom. The minimum absolute atomic E-state index is 0.167. The number of amides is 1. The van der Waals surface area contributed by atoms with Crippen molar-refractivity contribution in [1.29, 1.82) is 0 Å². The molecule has 0 aromatic heterocycles. The number of halogens is 2. The summed E-state index contributed by atoms with van der Waals surface area (Å²) < 4.78 is 0.167. The van der Waals surface area contributed by atoms with Gasteiger partial charge < -0.3 is 5.11 Å². The zero-order valence-electron chi connectivity index (χ0n) is 13.1. The van der Waals surface area contributed by atoms with Crippen LogP contribution >= 0.6 is 47.2 Å². The molecule has 2 aromatic carbocycles. The van der Waals surface area contributed by atoms with Gasteiger partial charge in [0.15, 0.2) is 6.04 Å². The first-order valence-electron chi connectivity index (χ1n) is 7.39. The Bertz CT molecular complexity index is 911. The molecule has 3 rings (SSSR count). The van der Waals surface area contributed by atoms with E-state index in [0.29, 0.717) is 21.2 Å². The van der Waals surface area contributed by atoms with E-state index in [0.717, 1.165) is 16.7 Å². The fraction of sp³-hybridized carbons (Fsp3) is 0.0556. The van der Waals surface area contributed by atoms with Gasteiger partial charge in [0.2, 0.25) is 0 Å². The second-order valence-electron chi connectivity index (χ2n) is 5.34. The van der Waals surface area contributed by atoms with Gasteiger partial charge >= 0.3 is 5.97 Å². The third kappa shape index (κ3) is 3.64. The molecule has 1 heterocycles. The number of hydrogen-bond acceptors (Lipinski definition) is 4. The smallest absolute Gasteiger partial charge is 0.331 e. The Labute approximate surface area is 169 Å². The number of thioether (sulfide) groups is 1. The van der Waals surface area contributed by atoms with Gasteiger partial charge in [0.05, 0.1) is 4.91 Å². The molecule has 1 unspecified atom stereocenters. The number of thiocarbonyl (C=S) groups is 1. The SMILES string of the molecule is O=C(O)C(c1ccccc1)N1C(=O)/C(=C/c2c(Cl)cccc2Cl)SC1=S. The number of carboxylic acid groups (broad SMARTS) is 1. The Morgan fingerprint density at radius 1 is 1.12 bits per heavy atom. The maximum Gasteiger partial charge on any atom is 0.331 e. The number of carbonyl (C=O) groups excluding carboxylic acids is 1. The zero-order valence-corrected chi connectivity index (χ0v) is 16.2. The van der Waals surface area contributed by atoms with Crippen molar-refractivity contribution in [3.63, 3.8) is 0 Å². The molecule has 4 nitrogen and oxygen atoms in total. The van der Waals surface area contributed by atoms with Gasteiger partial charge in [-0.05, 0) is 23.8 Å². The van der Waals surface area contributed by atoms with E-state index in [4.69, 9.17) is 35.4 Å². The van der Waals surface area contributed by atoms with Crippen LogP contribution in [0.1, 0.15) is 17.2 Å². The predicted molar refractivity (Wildman–Crippen MR) is 108 cm³/mol. The van der Waals surface area contributed by atoms with E-state index in [1.807, 2.05) is 0 Å². The Hall–Kier alpha value is -1.86. The Morgan fingerprint density at radius 3 is 2.31 bits per heavy atom. The van der Waals surface area contributed by atoms with Gasteiger partial charge in [-0.3, -0.25) is 9.69 Å². The summed E-state index contributed by atoms with van der Waals surface area (Å²) in [6.07, 6.45) is 1.54. The summed E-state index contributed by atoms with van der Waals surface area (Å²) in [7, 11) is 0. The van der Waals surface area contributed by atoms with Gasteiger partial charge in [-0.2, -0.15) is 0 Å². The van der Waals surface area contributed by atoms with Crippen LogP contribution in [0.4, 0.5) is 0 Å². The van der Waals surface area contributed by atoms with Gasteiger partial charge in [0.1, 0.15) is 4.32 Å². The van der Waals surface area contributed by atoms with Crippen molar-refractivity contribution < 1.29 is 14.7 Å². The van der Waals surface area contributed by atoms with Crippen molar-refractivity contribution in [2.75, 3.05) is 0 Å². The van der Waals surface area contributed by atoms with Gasteiger partial charge in [-0.1, -0.05) is 83.6 Å². The van der Waals surface area contributed by atoms with Crippen LogP contribution in [0.5, 0.6) is 0 Å². The summed E-state index contributed by atoms with van der Waals surface area (Å²) in [5, 5.41) is 10.4. The molecule has 1 fully saturated rings. The number of carbonyl (C=O) groups is 2. The molecule has 1 saturated heterocycles. The lowest BCUT2D eigenvalue weighted by atomic mass is 10.1. The minimum Gasteiger partial charge on any atom is -0.479 e. The Balaban J connectivity index is 2.01. The van der Waals surface area contributed by atoms with E-state index in [1.165, 1.54) is 6.08 Å². The van der Waals surface area contributed by atoms with Crippen LogP contribution in [-0.4, -0.2) is 26.2 Å². The average Bonchev–Trinajstić information content (AvgIpc) is 2.87. The standard InChI is InChI=1S/C18H11Cl2NO3S2/c19-12-7-4-8-13(20)11(12)9-14-16(22)21(18(25)26-14)15(17(23)24)10-5-2-1-3-6-10/h1-9,15H,(H,23,24)/b14-9-. The fourth-order valence-corrected chi connectivity index (χ4v) is 4.32. The third-order valence-electron chi connectivity index (χ3n) is 3.71. The third-order valence-corrected chi connectivity index (χ3v) is 5.70. The van der Waals surface area contributed by atoms with E-state index in [1.54, 1.807) is 48.5 Å². The van der Waals surface area contributed by atoms with Crippen molar-refractivity contribution in [2.24, 2.45) is 0 Å². The molecule has 0 spiro atoms. The predicted octanol–water partition coefficient (Wildman–Crippen LogP) is 5.02. The number of benzene rings is 2. The van der Waals surface area contributed by atoms with Crippen LogP contribution in [0.3, 0.4) is 0 Å². The lowest BCUT2D eigenvalue weighted by molar-refractivity contribution is -0.145. The second kappa shape index (κ2) is 7.80. The van der Waals surface area contributed by atoms with E-state index < -0.39 is 17.9 Å². The van der Waals surface area contributed by atoms with E-state index in [9.17, 15) is 14.7 Å². The molecule has 1 atom stereocenters. The first-order valence-corrected chi connectivity index (χ1v) is 9.37. The topological polar surface area (TPSA) is 57.6 Å². The fourth-order valence-electron chi connectivity index (χ4n) is 2.52. The van der Waals surface area contributed by atoms with Crippen LogP contribution in [0, 0.1) is 0 Å². The van der Waals surface area contributed by atoms with Gasteiger partial charge in [-0.25, -0.2) is 4.79 Å². The minimum atomic E-state index is -1.20. The molecule has 1 aliphatic heterocycles. The molecule has 0 bridgehead atoms. The number of nitrogens with zero attached hydrogens (tertiary/aromatic N) is 1. The maximum atomic E-state index is 12.9. The monoisotopic (exact) mass is 423 g/mol. The Kier molecular flexibility index (Phi) is 5.67. The van der Waals surface area contributed by atoms with E-state index >= 15 is 0 Å². The lowest BCUT2D eigenvalue weighted by Gasteiger charge is -2.23. The van der Waals surface area contributed by atoms with E-state index in [2.05, 4.69) is 0 Å². The van der Waals surface area contributed by atoms with Crippen LogP contribution < -0.4 is 0 Å². The summed E-state index contributed by atoms with van der Waals surface area (Å²) in [5.41, 5.74) is 0.955. The molecule has 26 heavy (non-hydrogen) atoms. The van der Waals surface area contributed by atoms with Crippen molar-refractivity contribution >= 4 is 69.5 Å². The van der Waals surface area contributed by atoms with Gasteiger partial charge in [-0.15, -0.1) is 0 Å². The summed E-state index contributed by atoms with van der Waals surface area (Å²) in [5.74, 6) is -1.66. The molecule has 132 valence electrons. The largest absolute Gasteiger partial charge is 0.479 e. The number of hydrogen-bond donors (Lipinski definition) is 1. The summed E-state index contributed by atoms with van der Waals surface area (Å²) in [6.45, 7) is 0. The van der Waals surface area contributed by atoms with Crippen molar-refractivity contribution in [1.82, 2.24) is 4.90 Å². The first kappa shape index (κ1) is 18.9. The molecular formula is C18H11Cl2NO3S2. The van der Waals surface area contributed by atoms with Gasteiger partial charge in [0.25, 0.3) is 5.91 Å². The maximum absolute atomic E-state index is 12.9. The highest BCUT2D eigenvalue weighted by molar-refractivity contribution is 8.26. The summed E-state index contributed by atoms with van der Waals surface area (Å²) in [6, 6.07) is 12.3. The van der Waals surface area contributed by atoms with Crippen LogP contribution in [0.15, 0.2) is 53.4 Å². The molecule has 2 aromatic rings. The quantitative estimate of drug-likeness (QED) is 0.552. The molecule has 8 heteroatoms. The first-order chi connectivity index (χ1) is 12.4. The molecule has 0 saturated carbocycles. The second-order valence-corrected chi connectivity index (χ2v) is 7.83. The molecule has 1 N–H and O–H groups in total. The average molecular weight is 424 g/mol. The number of aliphatic carboxylic acids is 1. The highest BCUT2D eigenvalue weighted by Crippen LogP contribution is 2.39. The zero-order chi connectivity index (χ0) is 18.8. The highest BCUT2D eigenvalue weighted by atomic mass is 35.5. The normalized spacial score (nSPS) is 17.0. The number of carboxylic acids is 1. The van der Waals surface area contributed by atoms with Crippen LogP contribution in [-0.2, 0) is 9.59 Å². The molecule has 1 amide bonds. The van der Waals surface area contributed by atoms with Crippen molar-refractivity contribution in [2.45, 2.75) is 6.04 Å². The molecular weight excluding hydrogens is 413 g/mol. The number of rotatable bonds is 4. The lowest BCUT2D eigenvalue weighted by Crippen LogP contribution is -2.37. The molecule has 0 aliphatic carbocycles. The van der Waals surface area contributed by atoms with E-state index in [-0.39, 0.29) is 9.23 Å².